The van der Waals surface area contributed by atoms with E-state index in [0.717, 1.165) is 23.8 Å². The number of nitrogens with zero attached hydrogens (tertiary/aromatic N) is 2. The van der Waals surface area contributed by atoms with E-state index in [9.17, 15) is 0 Å². The lowest BCUT2D eigenvalue weighted by Gasteiger charge is -2.24. The molecular weight excluding hydrogens is 282 g/mol. The molecule has 3 rings (SSSR count). The zero-order valence-electron chi connectivity index (χ0n) is 12.6. The number of rotatable bonds is 6. The SMILES string of the molecule is CCc1nccn1C[C@H](C)NC1(c2ccc(Cl)cc2)CC1. The van der Waals surface area contributed by atoms with Gasteiger partial charge in [-0.05, 0) is 37.5 Å². The summed E-state index contributed by atoms with van der Waals surface area (Å²) >= 11 is 5.99. The van der Waals surface area contributed by atoms with E-state index in [1.165, 1.54) is 18.4 Å². The molecule has 0 unspecified atom stereocenters. The molecule has 1 heterocycles. The molecule has 2 aromatic rings. The Hall–Kier alpha value is -1.32. The largest absolute Gasteiger partial charge is 0.333 e. The Labute approximate surface area is 131 Å². The van der Waals surface area contributed by atoms with Gasteiger partial charge >= 0.3 is 0 Å². The van der Waals surface area contributed by atoms with Gasteiger partial charge in [0.1, 0.15) is 5.82 Å². The first-order valence-electron chi connectivity index (χ1n) is 7.67. The zero-order chi connectivity index (χ0) is 14.9. The quantitative estimate of drug-likeness (QED) is 0.880. The molecule has 21 heavy (non-hydrogen) atoms. The number of benzene rings is 1. The number of hydrogen-bond donors (Lipinski definition) is 1. The van der Waals surface area contributed by atoms with Crippen LogP contribution in [0.25, 0.3) is 0 Å². The molecule has 0 aliphatic heterocycles. The molecule has 1 fully saturated rings. The van der Waals surface area contributed by atoms with Gasteiger partial charge in [0.15, 0.2) is 0 Å². The second-order valence-electron chi connectivity index (χ2n) is 5.98. The molecule has 1 aliphatic carbocycles. The van der Waals surface area contributed by atoms with E-state index in [1.54, 1.807) is 0 Å². The minimum atomic E-state index is 0.150. The predicted octanol–water partition coefficient (Wildman–Crippen LogP) is 3.77. The third-order valence-electron chi connectivity index (χ3n) is 4.26. The lowest BCUT2D eigenvalue weighted by Crippen LogP contribution is -2.39. The molecule has 0 amide bonds. The molecule has 0 spiro atoms. The molecule has 1 saturated carbocycles. The number of aromatic nitrogens is 2. The highest BCUT2D eigenvalue weighted by atomic mass is 35.5. The van der Waals surface area contributed by atoms with Crippen molar-refractivity contribution in [1.82, 2.24) is 14.9 Å². The molecule has 1 N–H and O–H groups in total. The highest BCUT2D eigenvalue weighted by Gasteiger charge is 2.44. The number of aryl methyl sites for hydroxylation is 1. The van der Waals surface area contributed by atoms with Crippen molar-refractivity contribution in [1.29, 1.82) is 0 Å². The van der Waals surface area contributed by atoms with Gasteiger partial charge in [-0.3, -0.25) is 0 Å². The summed E-state index contributed by atoms with van der Waals surface area (Å²) in [6.07, 6.45) is 7.33. The van der Waals surface area contributed by atoms with Crippen molar-refractivity contribution in [2.45, 2.75) is 51.2 Å². The van der Waals surface area contributed by atoms with Crippen LogP contribution in [0, 0.1) is 0 Å². The van der Waals surface area contributed by atoms with E-state index >= 15 is 0 Å². The van der Waals surface area contributed by atoms with Crippen molar-refractivity contribution in [2.75, 3.05) is 0 Å². The second kappa shape index (κ2) is 5.82. The Kier molecular flexibility index (Phi) is 4.05. The van der Waals surface area contributed by atoms with Crippen LogP contribution in [0.5, 0.6) is 0 Å². The van der Waals surface area contributed by atoms with Crippen molar-refractivity contribution in [3.05, 3.63) is 53.1 Å². The van der Waals surface area contributed by atoms with Gasteiger partial charge in [0.2, 0.25) is 0 Å². The van der Waals surface area contributed by atoms with Crippen LogP contribution < -0.4 is 5.32 Å². The van der Waals surface area contributed by atoms with Crippen LogP contribution in [0.1, 0.15) is 38.1 Å². The molecule has 1 aromatic carbocycles. The normalized spacial score (nSPS) is 17.7. The van der Waals surface area contributed by atoms with Gasteiger partial charge in [-0.25, -0.2) is 4.98 Å². The van der Waals surface area contributed by atoms with Gasteiger partial charge in [0.05, 0.1) is 0 Å². The van der Waals surface area contributed by atoms with Crippen LogP contribution in [0.15, 0.2) is 36.7 Å². The lowest BCUT2D eigenvalue weighted by atomic mass is 10.0. The Morgan fingerprint density at radius 3 is 2.67 bits per heavy atom. The first-order chi connectivity index (χ1) is 10.1. The van der Waals surface area contributed by atoms with Gasteiger partial charge in [-0.15, -0.1) is 0 Å². The Morgan fingerprint density at radius 2 is 2.05 bits per heavy atom. The topological polar surface area (TPSA) is 29.9 Å². The van der Waals surface area contributed by atoms with Gasteiger partial charge in [-0.2, -0.15) is 0 Å². The summed E-state index contributed by atoms with van der Waals surface area (Å²) in [7, 11) is 0. The van der Waals surface area contributed by atoms with Crippen molar-refractivity contribution in [3.63, 3.8) is 0 Å². The van der Waals surface area contributed by atoms with Crippen molar-refractivity contribution < 1.29 is 0 Å². The lowest BCUT2D eigenvalue weighted by molar-refractivity contribution is 0.396. The molecule has 1 aromatic heterocycles. The first kappa shape index (κ1) is 14.6. The van der Waals surface area contributed by atoms with Gasteiger partial charge < -0.3 is 9.88 Å². The fraction of sp³-hybridized carbons (Fsp3) is 0.471. The van der Waals surface area contributed by atoms with Crippen molar-refractivity contribution in [2.24, 2.45) is 0 Å². The third-order valence-corrected chi connectivity index (χ3v) is 4.51. The molecule has 0 saturated heterocycles. The monoisotopic (exact) mass is 303 g/mol. The summed E-state index contributed by atoms with van der Waals surface area (Å²) in [6.45, 7) is 5.35. The zero-order valence-corrected chi connectivity index (χ0v) is 13.4. The van der Waals surface area contributed by atoms with Crippen LogP contribution in [0.2, 0.25) is 5.02 Å². The standard InChI is InChI=1S/C17H22ClN3/c1-3-16-19-10-11-21(16)12-13(2)20-17(8-9-17)14-4-6-15(18)7-5-14/h4-7,10-11,13,20H,3,8-9,12H2,1-2H3/t13-/m0/s1. The second-order valence-corrected chi connectivity index (χ2v) is 6.42. The fourth-order valence-electron chi connectivity index (χ4n) is 3.04. The Morgan fingerprint density at radius 1 is 1.33 bits per heavy atom. The van der Waals surface area contributed by atoms with E-state index in [4.69, 9.17) is 11.6 Å². The smallest absolute Gasteiger partial charge is 0.108 e. The number of hydrogen-bond acceptors (Lipinski definition) is 2. The van der Waals surface area contributed by atoms with Gasteiger partial charge in [0.25, 0.3) is 0 Å². The predicted molar refractivity (Wildman–Crippen MR) is 86.6 cm³/mol. The molecule has 1 atom stereocenters. The summed E-state index contributed by atoms with van der Waals surface area (Å²) in [5.41, 5.74) is 1.50. The molecule has 0 bridgehead atoms. The maximum absolute atomic E-state index is 5.99. The number of imidazole rings is 1. The highest BCUT2D eigenvalue weighted by Crippen LogP contribution is 2.46. The van der Waals surface area contributed by atoms with Crippen molar-refractivity contribution in [3.8, 4) is 0 Å². The van der Waals surface area contributed by atoms with E-state index < -0.39 is 0 Å². The molecule has 0 radical (unpaired) electrons. The summed E-state index contributed by atoms with van der Waals surface area (Å²) in [5, 5.41) is 4.60. The summed E-state index contributed by atoms with van der Waals surface area (Å²) < 4.78 is 2.25. The minimum absolute atomic E-state index is 0.150. The summed E-state index contributed by atoms with van der Waals surface area (Å²) in [6, 6.07) is 8.65. The van der Waals surface area contributed by atoms with Crippen LogP contribution in [-0.2, 0) is 18.5 Å². The summed E-state index contributed by atoms with van der Waals surface area (Å²) in [5.74, 6) is 1.15. The highest BCUT2D eigenvalue weighted by molar-refractivity contribution is 6.30. The van der Waals surface area contributed by atoms with E-state index in [-0.39, 0.29) is 5.54 Å². The first-order valence-corrected chi connectivity index (χ1v) is 8.04. The van der Waals surface area contributed by atoms with Crippen LogP contribution in [0.4, 0.5) is 0 Å². The van der Waals surface area contributed by atoms with E-state index in [2.05, 4.69) is 47.0 Å². The average molecular weight is 304 g/mol. The van der Waals surface area contributed by atoms with Crippen molar-refractivity contribution >= 4 is 11.6 Å². The molecular formula is C17H22ClN3. The molecule has 4 heteroatoms. The fourth-order valence-corrected chi connectivity index (χ4v) is 3.17. The third kappa shape index (κ3) is 3.14. The van der Waals surface area contributed by atoms with E-state index in [1.807, 2.05) is 18.3 Å². The number of nitrogens with one attached hydrogen (secondary N) is 1. The Bertz CT molecular complexity index is 599. The van der Waals surface area contributed by atoms with Crippen LogP contribution in [-0.4, -0.2) is 15.6 Å². The minimum Gasteiger partial charge on any atom is -0.333 e. The maximum Gasteiger partial charge on any atom is 0.108 e. The van der Waals surface area contributed by atoms with E-state index in [0.29, 0.717) is 6.04 Å². The molecule has 1 aliphatic rings. The van der Waals surface area contributed by atoms with Gasteiger partial charge in [-0.1, -0.05) is 30.7 Å². The maximum atomic E-state index is 5.99. The van der Waals surface area contributed by atoms with Crippen LogP contribution in [0.3, 0.4) is 0 Å². The van der Waals surface area contributed by atoms with Crippen LogP contribution >= 0.6 is 11.6 Å². The Balaban J connectivity index is 1.67. The average Bonchev–Trinajstić information content (AvgIpc) is 3.10. The molecule has 3 nitrogen and oxygen atoms in total. The molecule has 112 valence electrons. The number of halogens is 1. The van der Waals surface area contributed by atoms with Gasteiger partial charge in [0, 0.05) is 42.0 Å². The summed E-state index contributed by atoms with van der Waals surface area (Å²) in [4.78, 5) is 4.39.